The van der Waals surface area contributed by atoms with Crippen molar-refractivity contribution < 1.29 is 22.7 Å². The highest BCUT2D eigenvalue weighted by atomic mass is 32.2. The van der Waals surface area contributed by atoms with Gasteiger partial charge in [0, 0.05) is 7.05 Å². The number of hydrogen-bond donors (Lipinski definition) is 2. The van der Waals surface area contributed by atoms with Crippen molar-refractivity contribution in [3.8, 4) is 11.4 Å². The number of aromatic nitrogens is 4. The highest BCUT2D eigenvalue weighted by Gasteiger charge is 2.36. The lowest BCUT2D eigenvalue weighted by Gasteiger charge is -2.27. The van der Waals surface area contributed by atoms with Crippen molar-refractivity contribution >= 4 is 27.6 Å². The summed E-state index contributed by atoms with van der Waals surface area (Å²) in [4.78, 5) is 17.7. The van der Waals surface area contributed by atoms with Gasteiger partial charge in [-0.25, -0.2) is 27.3 Å². The summed E-state index contributed by atoms with van der Waals surface area (Å²) in [6.45, 7) is 3.28. The summed E-state index contributed by atoms with van der Waals surface area (Å²) in [5.41, 5.74) is 1.73. The van der Waals surface area contributed by atoms with Crippen LogP contribution < -0.4 is 9.62 Å². The van der Waals surface area contributed by atoms with Crippen LogP contribution >= 0.6 is 0 Å². The number of pyridine rings is 1. The zero-order chi connectivity index (χ0) is 23.9. The van der Waals surface area contributed by atoms with Crippen LogP contribution in [0, 0.1) is 12.7 Å². The molecule has 0 saturated heterocycles. The SMILES string of the molecule is Cc1nc(-c2nnn(C)c2N(C(=O)O)[C@H](C)c2cccc(F)c2)ccc1NS(=O)(=O)C1CC1. The van der Waals surface area contributed by atoms with Crippen LogP contribution in [0.25, 0.3) is 11.4 Å². The van der Waals surface area contributed by atoms with E-state index in [0.29, 0.717) is 35.5 Å². The fourth-order valence-corrected chi connectivity index (χ4v) is 5.00. The Hall–Kier alpha value is -3.54. The monoisotopic (exact) mass is 474 g/mol. The highest BCUT2D eigenvalue weighted by molar-refractivity contribution is 7.93. The lowest BCUT2D eigenvalue weighted by Crippen LogP contribution is -2.34. The maximum absolute atomic E-state index is 13.8. The topological polar surface area (TPSA) is 130 Å². The molecule has 0 spiro atoms. The molecule has 2 aromatic heterocycles. The molecule has 1 aromatic carbocycles. The lowest BCUT2D eigenvalue weighted by atomic mass is 10.1. The first kappa shape index (κ1) is 22.6. The third kappa shape index (κ3) is 4.51. The third-order valence-corrected chi connectivity index (χ3v) is 7.35. The van der Waals surface area contributed by atoms with Crippen LogP contribution in [-0.4, -0.2) is 44.8 Å². The maximum atomic E-state index is 13.8. The van der Waals surface area contributed by atoms with Gasteiger partial charge in [-0.3, -0.25) is 9.62 Å². The number of benzene rings is 1. The zero-order valence-electron chi connectivity index (χ0n) is 18.2. The van der Waals surface area contributed by atoms with E-state index in [1.54, 1.807) is 39.1 Å². The molecule has 2 N–H and O–H groups in total. The Morgan fingerprint density at radius 1 is 1.30 bits per heavy atom. The molecule has 1 aliphatic carbocycles. The fraction of sp³-hybridized carbons (Fsp3) is 0.333. The maximum Gasteiger partial charge on any atom is 0.413 e. The van der Waals surface area contributed by atoms with E-state index in [-0.39, 0.29) is 16.8 Å². The molecular formula is C21H23FN6O4S. The summed E-state index contributed by atoms with van der Waals surface area (Å²) in [6, 6.07) is 8.07. The average Bonchev–Trinajstić information content (AvgIpc) is 3.55. The first-order chi connectivity index (χ1) is 15.6. The van der Waals surface area contributed by atoms with Crippen molar-refractivity contribution in [2.75, 3.05) is 9.62 Å². The van der Waals surface area contributed by atoms with Crippen LogP contribution in [0.4, 0.5) is 20.7 Å². The van der Waals surface area contributed by atoms with Gasteiger partial charge in [0.2, 0.25) is 10.0 Å². The van der Waals surface area contributed by atoms with Crippen LogP contribution in [0.1, 0.15) is 37.1 Å². The molecular weight excluding hydrogens is 451 g/mol. The van der Waals surface area contributed by atoms with Gasteiger partial charge >= 0.3 is 6.09 Å². The number of rotatable bonds is 7. The Balaban J connectivity index is 1.72. The van der Waals surface area contributed by atoms with E-state index in [1.807, 2.05) is 0 Å². The number of anilines is 2. The van der Waals surface area contributed by atoms with Crippen molar-refractivity contribution in [1.82, 2.24) is 20.0 Å². The molecule has 1 atom stereocenters. The summed E-state index contributed by atoms with van der Waals surface area (Å²) in [5, 5.41) is 17.7. The van der Waals surface area contributed by atoms with Crippen molar-refractivity contribution in [2.24, 2.45) is 7.05 Å². The third-order valence-electron chi connectivity index (χ3n) is 5.49. The van der Waals surface area contributed by atoms with E-state index < -0.39 is 28.0 Å². The van der Waals surface area contributed by atoms with Gasteiger partial charge in [0.1, 0.15) is 5.82 Å². The second-order valence-corrected chi connectivity index (χ2v) is 9.91. The molecule has 0 radical (unpaired) electrons. The molecule has 33 heavy (non-hydrogen) atoms. The normalized spacial score (nSPS) is 14.7. The molecule has 0 unspecified atom stereocenters. The molecule has 1 aliphatic rings. The highest BCUT2D eigenvalue weighted by Crippen LogP contribution is 2.35. The molecule has 1 saturated carbocycles. The van der Waals surface area contributed by atoms with Crippen molar-refractivity contribution in [3.05, 3.63) is 53.5 Å². The standard InChI is InChI=1S/C21H23FN6O4S/c1-12-17(25-33(31,32)16-7-8-16)9-10-18(23-12)19-20(27(3)26-24-19)28(21(29)30)13(2)14-5-4-6-15(22)11-14/h4-6,9-11,13,16,25H,7-8H2,1-3H3,(H,29,30)/t13-/m1/s1. The van der Waals surface area contributed by atoms with E-state index in [1.165, 1.54) is 22.9 Å². The van der Waals surface area contributed by atoms with Gasteiger partial charge in [-0.15, -0.1) is 5.10 Å². The molecule has 1 amide bonds. The quantitative estimate of drug-likeness (QED) is 0.536. The summed E-state index contributed by atoms with van der Waals surface area (Å²) in [6.07, 6.45) is -0.00155. The van der Waals surface area contributed by atoms with Crippen molar-refractivity contribution in [2.45, 2.75) is 38.0 Å². The molecule has 174 valence electrons. The number of amides is 1. The Kier molecular flexibility index (Phi) is 5.78. The number of carboxylic acid groups (broad SMARTS) is 1. The van der Waals surface area contributed by atoms with Crippen LogP contribution in [0.15, 0.2) is 36.4 Å². The number of halogens is 1. The number of hydrogen-bond acceptors (Lipinski definition) is 6. The van der Waals surface area contributed by atoms with Gasteiger partial charge in [-0.2, -0.15) is 0 Å². The first-order valence-corrected chi connectivity index (χ1v) is 11.8. The minimum absolute atomic E-state index is 0.150. The molecule has 12 heteroatoms. The summed E-state index contributed by atoms with van der Waals surface area (Å²) >= 11 is 0. The minimum Gasteiger partial charge on any atom is -0.465 e. The predicted octanol–water partition coefficient (Wildman–Crippen LogP) is 3.47. The number of carbonyl (C=O) groups is 1. The molecule has 3 aromatic rings. The van der Waals surface area contributed by atoms with Gasteiger partial charge in [-0.05, 0) is 56.5 Å². The smallest absolute Gasteiger partial charge is 0.413 e. The van der Waals surface area contributed by atoms with E-state index in [4.69, 9.17) is 0 Å². The van der Waals surface area contributed by atoms with Crippen molar-refractivity contribution in [3.63, 3.8) is 0 Å². The summed E-state index contributed by atoms with van der Waals surface area (Å²) < 4.78 is 42.1. The molecule has 0 aliphatic heterocycles. The number of sulfonamides is 1. The zero-order valence-corrected chi connectivity index (χ0v) is 19.0. The minimum atomic E-state index is -3.45. The average molecular weight is 475 g/mol. The van der Waals surface area contributed by atoms with Gasteiger partial charge < -0.3 is 5.11 Å². The lowest BCUT2D eigenvalue weighted by molar-refractivity contribution is 0.199. The summed E-state index contributed by atoms with van der Waals surface area (Å²) in [5.74, 6) is -0.327. The van der Waals surface area contributed by atoms with Gasteiger partial charge in [0.25, 0.3) is 0 Å². The Morgan fingerprint density at radius 3 is 2.64 bits per heavy atom. The Labute approximate surface area is 190 Å². The number of nitrogens with zero attached hydrogens (tertiary/aromatic N) is 5. The van der Waals surface area contributed by atoms with Crippen LogP contribution in [0.3, 0.4) is 0 Å². The van der Waals surface area contributed by atoms with E-state index in [9.17, 15) is 22.7 Å². The number of aryl methyl sites for hydroxylation is 2. The van der Waals surface area contributed by atoms with Crippen LogP contribution in [0.5, 0.6) is 0 Å². The summed E-state index contributed by atoms with van der Waals surface area (Å²) in [7, 11) is -1.91. The largest absolute Gasteiger partial charge is 0.465 e. The van der Waals surface area contributed by atoms with Gasteiger partial charge in [0.05, 0.1) is 28.4 Å². The molecule has 1 fully saturated rings. The predicted molar refractivity (Wildman–Crippen MR) is 120 cm³/mol. The Bertz CT molecular complexity index is 1320. The van der Waals surface area contributed by atoms with Gasteiger partial charge in [-0.1, -0.05) is 17.3 Å². The Morgan fingerprint density at radius 2 is 2.03 bits per heavy atom. The second kappa shape index (κ2) is 8.43. The van der Waals surface area contributed by atoms with Crippen molar-refractivity contribution in [1.29, 1.82) is 0 Å². The van der Waals surface area contributed by atoms with Crippen LogP contribution in [-0.2, 0) is 17.1 Å². The molecule has 2 heterocycles. The van der Waals surface area contributed by atoms with Crippen LogP contribution in [0.2, 0.25) is 0 Å². The molecule has 0 bridgehead atoms. The van der Waals surface area contributed by atoms with Gasteiger partial charge in [0.15, 0.2) is 11.5 Å². The number of nitrogens with one attached hydrogen (secondary N) is 1. The molecule has 4 rings (SSSR count). The fourth-order valence-electron chi connectivity index (χ4n) is 3.56. The van der Waals surface area contributed by atoms with E-state index >= 15 is 0 Å². The second-order valence-electron chi connectivity index (χ2n) is 7.94. The first-order valence-electron chi connectivity index (χ1n) is 10.3. The molecule has 10 nitrogen and oxygen atoms in total. The van der Waals surface area contributed by atoms with E-state index in [0.717, 1.165) is 4.90 Å². The van der Waals surface area contributed by atoms with E-state index in [2.05, 4.69) is 20.0 Å².